The van der Waals surface area contributed by atoms with E-state index in [-0.39, 0.29) is 11.8 Å². The van der Waals surface area contributed by atoms with Gasteiger partial charge in [0.1, 0.15) is 0 Å². The molecule has 0 aliphatic rings. The van der Waals surface area contributed by atoms with E-state index in [0.29, 0.717) is 29.4 Å². The highest BCUT2D eigenvalue weighted by atomic mass is 32.2. The van der Waals surface area contributed by atoms with Crippen molar-refractivity contribution in [1.29, 1.82) is 0 Å². The van der Waals surface area contributed by atoms with Crippen LogP contribution >= 0.6 is 0 Å². The number of guanidine groups is 1. The van der Waals surface area contributed by atoms with E-state index >= 15 is 0 Å². The summed E-state index contributed by atoms with van der Waals surface area (Å²) >= 11 is 0. The summed E-state index contributed by atoms with van der Waals surface area (Å²) in [5, 5.41) is 6.56. The molecule has 0 aliphatic carbocycles. The molecule has 0 bridgehead atoms. The molecule has 7 heteroatoms. The second kappa shape index (κ2) is 11.3. The van der Waals surface area contributed by atoms with Crippen LogP contribution in [0.4, 0.5) is 0 Å². The molecule has 1 aromatic carbocycles. The summed E-state index contributed by atoms with van der Waals surface area (Å²) in [7, 11) is -1.63. The number of rotatable bonds is 10. The van der Waals surface area contributed by atoms with E-state index in [1.165, 1.54) is 0 Å². The van der Waals surface area contributed by atoms with Gasteiger partial charge in [-0.2, -0.15) is 0 Å². The smallest absolute Gasteiger partial charge is 0.191 e. The molecule has 27 heavy (non-hydrogen) atoms. The van der Waals surface area contributed by atoms with Crippen molar-refractivity contribution in [3.8, 4) is 0 Å². The van der Waals surface area contributed by atoms with Crippen molar-refractivity contribution in [2.75, 3.05) is 25.9 Å². The van der Waals surface area contributed by atoms with Gasteiger partial charge in [-0.25, -0.2) is 8.42 Å². The first kappa shape index (κ1) is 23.4. The number of sulfone groups is 1. The van der Waals surface area contributed by atoms with Gasteiger partial charge in [0.25, 0.3) is 0 Å². The molecule has 1 aromatic rings. The summed E-state index contributed by atoms with van der Waals surface area (Å²) in [6.07, 6.45) is 0.691. The first-order valence-corrected chi connectivity index (χ1v) is 11.4. The van der Waals surface area contributed by atoms with Gasteiger partial charge in [0.15, 0.2) is 15.8 Å². The Bertz CT molecular complexity index is 664. The number of aliphatic imine (C=N–C) groups is 1. The molecule has 0 spiro atoms. The number of benzene rings is 1. The highest BCUT2D eigenvalue weighted by molar-refractivity contribution is 7.91. The van der Waals surface area contributed by atoms with Crippen LogP contribution in [0.15, 0.2) is 40.2 Å². The Morgan fingerprint density at radius 1 is 1.11 bits per heavy atom. The van der Waals surface area contributed by atoms with E-state index in [9.17, 15) is 8.42 Å². The Morgan fingerprint density at radius 2 is 1.70 bits per heavy atom. The molecule has 1 atom stereocenters. The summed E-state index contributed by atoms with van der Waals surface area (Å²) in [6, 6.07) is 9.34. The van der Waals surface area contributed by atoms with Gasteiger partial charge in [0.05, 0.1) is 10.6 Å². The Balaban J connectivity index is 2.64. The SMILES string of the molecule is CCC(CS(=O)(=O)c1ccccc1)NC(=NC)NCCN(C(C)C)C(C)C. The van der Waals surface area contributed by atoms with E-state index in [1.54, 1.807) is 31.3 Å². The quantitative estimate of drug-likeness (QED) is 0.470. The predicted octanol–water partition coefficient (Wildman–Crippen LogP) is 2.52. The van der Waals surface area contributed by atoms with Crippen LogP contribution in [0.1, 0.15) is 41.0 Å². The van der Waals surface area contributed by atoms with Gasteiger partial charge < -0.3 is 10.6 Å². The lowest BCUT2D eigenvalue weighted by atomic mass is 10.2. The Hall–Kier alpha value is -1.60. The molecule has 0 saturated carbocycles. The van der Waals surface area contributed by atoms with Gasteiger partial charge in [0, 0.05) is 38.3 Å². The summed E-state index contributed by atoms with van der Waals surface area (Å²) in [4.78, 5) is 7.01. The average Bonchev–Trinajstić information content (AvgIpc) is 2.63. The minimum absolute atomic E-state index is 0.0400. The van der Waals surface area contributed by atoms with Crippen molar-refractivity contribution in [2.24, 2.45) is 4.99 Å². The zero-order chi connectivity index (χ0) is 20.4. The van der Waals surface area contributed by atoms with Gasteiger partial charge >= 0.3 is 0 Å². The van der Waals surface area contributed by atoms with Crippen molar-refractivity contribution < 1.29 is 8.42 Å². The van der Waals surface area contributed by atoms with Gasteiger partial charge in [-0.05, 0) is 46.2 Å². The molecular formula is C20H36N4O2S. The van der Waals surface area contributed by atoms with Crippen molar-refractivity contribution in [2.45, 2.75) is 64.1 Å². The fourth-order valence-corrected chi connectivity index (χ4v) is 4.67. The minimum atomic E-state index is -3.34. The van der Waals surface area contributed by atoms with E-state index in [1.807, 2.05) is 13.0 Å². The zero-order valence-electron chi connectivity index (χ0n) is 17.6. The molecule has 1 unspecified atom stereocenters. The van der Waals surface area contributed by atoms with E-state index in [4.69, 9.17) is 0 Å². The van der Waals surface area contributed by atoms with E-state index in [0.717, 1.165) is 13.1 Å². The molecular weight excluding hydrogens is 360 g/mol. The van der Waals surface area contributed by atoms with Gasteiger partial charge in [-0.1, -0.05) is 25.1 Å². The van der Waals surface area contributed by atoms with Crippen LogP contribution in [0.2, 0.25) is 0 Å². The number of hydrogen-bond acceptors (Lipinski definition) is 4. The maximum Gasteiger partial charge on any atom is 0.191 e. The van der Waals surface area contributed by atoms with Crippen molar-refractivity contribution in [3.05, 3.63) is 30.3 Å². The molecule has 6 nitrogen and oxygen atoms in total. The van der Waals surface area contributed by atoms with Crippen molar-refractivity contribution in [1.82, 2.24) is 15.5 Å². The largest absolute Gasteiger partial charge is 0.355 e. The van der Waals surface area contributed by atoms with Crippen LogP contribution in [0.25, 0.3) is 0 Å². The lowest BCUT2D eigenvalue weighted by Gasteiger charge is -2.31. The molecule has 1 rings (SSSR count). The molecule has 2 N–H and O–H groups in total. The standard InChI is InChI=1S/C20H36N4O2S/c1-7-18(15-27(25,26)19-11-9-8-10-12-19)23-20(21-6)22-13-14-24(16(2)3)17(4)5/h8-12,16-18H,7,13-15H2,1-6H3,(H2,21,22,23). The molecule has 0 aliphatic heterocycles. The van der Waals surface area contributed by atoms with Gasteiger partial charge in [0.2, 0.25) is 0 Å². The highest BCUT2D eigenvalue weighted by Gasteiger charge is 2.21. The molecule has 0 radical (unpaired) electrons. The molecule has 0 amide bonds. The highest BCUT2D eigenvalue weighted by Crippen LogP contribution is 2.12. The normalized spacial score (nSPS) is 14.0. The number of hydrogen-bond donors (Lipinski definition) is 2. The summed E-state index contributed by atoms with van der Waals surface area (Å²) in [5.41, 5.74) is 0. The third-order valence-electron chi connectivity index (χ3n) is 4.57. The fourth-order valence-electron chi connectivity index (χ4n) is 3.05. The van der Waals surface area contributed by atoms with Crippen LogP contribution in [0.5, 0.6) is 0 Å². The Labute approximate surface area is 165 Å². The van der Waals surface area contributed by atoms with Crippen LogP contribution in [-0.4, -0.2) is 63.3 Å². The summed E-state index contributed by atoms with van der Waals surface area (Å²) < 4.78 is 25.2. The Kier molecular flexibility index (Phi) is 9.80. The van der Waals surface area contributed by atoms with Crippen LogP contribution in [0, 0.1) is 0 Å². The second-order valence-electron chi connectivity index (χ2n) is 7.27. The Morgan fingerprint density at radius 3 is 2.19 bits per heavy atom. The summed E-state index contributed by atoms with van der Waals surface area (Å²) in [5.74, 6) is 0.677. The zero-order valence-corrected chi connectivity index (χ0v) is 18.4. The van der Waals surface area contributed by atoms with E-state index < -0.39 is 9.84 Å². The summed E-state index contributed by atoms with van der Waals surface area (Å²) in [6.45, 7) is 12.4. The van der Waals surface area contributed by atoms with Crippen molar-refractivity contribution >= 4 is 15.8 Å². The average molecular weight is 397 g/mol. The van der Waals surface area contributed by atoms with Crippen molar-refractivity contribution in [3.63, 3.8) is 0 Å². The molecule has 0 saturated heterocycles. The lowest BCUT2D eigenvalue weighted by molar-refractivity contribution is 0.178. The maximum absolute atomic E-state index is 12.6. The van der Waals surface area contributed by atoms with Crippen LogP contribution in [0.3, 0.4) is 0 Å². The monoisotopic (exact) mass is 396 g/mol. The predicted molar refractivity (Wildman–Crippen MR) is 114 cm³/mol. The maximum atomic E-state index is 12.6. The molecule has 0 fully saturated rings. The second-order valence-corrected chi connectivity index (χ2v) is 9.30. The lowest BCUT2D eigenvalue weighted by Crippen LogP contribution is -2.49. The van der Waals surface area contributed by atoms with Crippen LogP contribution < -0.4 is 10.6 Å². The van der Waals surface area contributed by atoms with Crippen LogP contribution in [-0.2, 0) is 9.84 Å². The third kappa shape index (κ3) is 7.89. The number of nitrogens with one attached hydrogen (secondary N) is 2. The van der Waals surface area contributed by atoms with Gasteiger partial charge in [-0.15, -0.1) is 0 Å². The number of nitrogens with zero attached hydrogens (tertiary/aromatic N) is 2. The third-order valence-corrected chi connectivity index (χ3v) is 6.40. The fraction of sp³-hybridized carbons (Fsp3) is 0.650. The molecule has 0 aromatic heterocycles. The minimum Gasteiger partial charge on any atom is -0.355 e. The topological polar surface area (TPSA) is 73.8 Å². The molecule has 0 heterocycles. The van der Waals surface area contributed by atoms with E-state index in [2.05, 4.69) is 48.2 Å². The molecule has 154 valence electrons. The first-order chi connectivity index (χ1) is 12.7. The first-order valence-electron chi connectivity index (χ1n) is 9.72. The van der Waals surface area contributed by atoms with Gasteiger partial charge in [-0.3, -0.25) is 9.89 Å².